The maximum absolute atomic E-state index is 10.4. The Morgan fingerprint density at radius 3 is 2.21 bits per heavy atom. The third kappa shape index (κ3) is 15.7. The molecule has 0 aliphatic heterocycles. The van der Waals surface area contributed by atoms with Gasteiger partial charge in [-0.3, -0.25) is 4.18 Å². The van der Waals surface area contributed by atoms with Crippen molar-refractivity contribution in [2.45, 2.75) is 45.4 Å². The quantitative estimate of drug-likeness (QED) is 0.415. The third-order valence-corrected chi connectivity index (χ3v) is 2.47. The van der Waals surface area contributed by atoms with Crippen LogP contribution < -0.4 is 29.6 Å². The Kier molecular flexibility index (Phi) is 13.6. The molecule has 0 saturated carbocycles. The molecule has 14 heavy (non-hydrogen) atoms. The maximum atomic E-state index is 10.4. The molecule has 0 aliphatic carbocycles. The van der Waals surface area contributed by atoms with E-state index in [1.165, 1.54) is 19.3 Å². The molecule has 0 fully saturated rings. The molecular formula is C8H17NaO3S2. The van der Waals surface area contributed by atoms with Crippen LogP contribution in [-0.4, -0.2) is 15.4 Å². The molecule has 1 atom stereocenters. The van der Waals surface area contributed by atoms with E-state index in [0.29, 0.717) is 0 Å². The standard InChI is InChI=1S/C8H18O3S2.Na/c1-2-3-4-5-6-7-8-11-13(9,10)12;/h2-8H2,1H3,(H,9,10,12);/q;+1/p-1. The van der Waals surface area contributed by atoms with E-state index in [0.717, 1.165) is 19.3 Å². The predicted molar refractivity (Wildman–Crippen MR) is 55.6 cm³/mol. The van der Waals surface area contributed by atoms with Gasteiger partial charge in [0, 0.05) is 0 Å². The van der Waals surface area contributed by atoms with Crippen LogP contribution in [0.3, 0.4) is 0 Å². The summed E-state index contributed by atoms with van der Waals surface area (Å²) < 4.78 is 25.1. The third-order valence-electron chi connectivity index (χ3n) is 1.73. The second-order valence-electron chi connectivity index (χ2n) is 3.00. The number of rotatable bonds is 8. The van der Waals surface area contributed by atoms with Gasteiger partial charge in [0.15, 0.2) is 0 Å². The fourth-order valence-electron chi connectivity index (χ4n) is 1.04. The van der Waals surface area contributed by atoms with E-state index < -0.39 is 9.05 Å². The van der Waals surface area contributed by atoms with Crippen LogP contribution in [0.4, 0.5) is 0 Å². The van der Waals surface area contributed by atoms with Crippen molar-refractivity contribution in [1.82, 2.24) is 0 Å². The fourth-order valence-corrected chi connectivity index (χ4v) is 1.57. The largest absolute Gasteiger partial charge is 1.00 e. The van der Waals surface area contributed by atoms with E-state index in [1.807, 2.05) is 0 Å². The van der Waals surface area contributed by atoms with Crippen LogP contribution in [0, 0.1) is 0 Å². The summed E-state index contributed by atoms with van der Waals surface area (Å²) in [5.74, 6) is 0. The molecule has 0 aromatic carbocycles. The van der Waals surface area contributed by atoms with Crippen molar-refractivity contribution in [1.29, 1.82) is 0 Å². The smallest absolute Gasteiger partial charge is 0.748 e. The van der Waals surface area contributed by atoms with Gasteiger partial charge in [-0.25, -0.2) is 4.21 Å². The van der Waals surface area contributed by atoms with Gasteiger partial charge < -0.3 is 4.55 Å². The number of hydrogen-bond donors (Lipinski definition) is 0. The first-order valence-corrected chi connectivity index (χ1v) is 7.00. The first-order valence-electron chi connectivity index (χ1n) is 4.66. The number of hydrogen-bond acceptors (Lipinski definition) is 4. The van der Waals surface area contributed by atoms with Gasteiger partial charge in [0.1, 0.15) is 0 Å². The summed E-state index contributed by atoms with van der Waals surface area (Å²) in [4.78, 5) is 0. The molecule has 80 valence electrons. The topological polar surface area (TPSA) is 49.4 Å². The molecular weight excluding hydrogens is 231 g/mol. The predicted octanol–water partition coefficient (Wildman–Crippen LogP) is -0.841. The molecule has 0 amide bonds. The Morgan fingerprint density at radius 2 is 1.71 bits per heavy atom. The average Bonchev–Trinajstić information content (AvgIpc) is 2.01. The van der Waals surface area contributed by atoms with Gasteiger partial charge in [0.2, 0.25) is 0 Å². The molecule has 0 heterocycles. The summed E-state index contributed by atoms with van der Waals surface area (Å²) in [6.45, 7) is 2.39. The van der Waals surface area contributed by atoms with Crippen LogP contribution >= 0.6 is 0 Å². The van der Waals surface area contributed by atoms with E-state index in [1.54, 1.807) is 0 Å². The van der Waals surface area contributed by atoms with Crippen LogP contribution in [0.1, 0.15) is 45.4 Å². The van der Waals surface area contributed by atoms with Gasteiger partial charge in [-0.15, -0.1) is 0 Å². The Hall–Kier alpha value is 1.29. The SMILES string of the molecule is CCCCCCCCOS(=O)([O-])=S.[Na+]. The molecule has 6 heteroatoms. The van der Waals surface area contributed by atoms with Crippen LogP contribution in [0.2, 0.25) is 0 Å². The summed E-state index contributed by atoms with van der Waals surface area (Å²) in [6, 6.07) is 0. The van der Waals surface area contributed by atoms with E-state index in [2.05, 4.69) is 22.3 Å². The molecule has 0 bridgehead atoms. The molecule has 0 N–H and O–H groups in total. The van der Waals surface area contributed by atoms with Crippen molar-refractivity contribution in [2.75, 3.05) is 6.61 Å². The Labute approximate surface area is 114 Å². The molecule has 0 rings (SSSR count). The summed E-state index contributed by atoms with van der Waals surface area (Å²) >= 11 is 4.05. The monoisotopic (exact) mass is 248 g/mol. The summed E-state index contributed by atoms with van der Waals surface area (Å²) in [7, 11) is -3.64. The van der Waals surface area contributed by atoms with Crippen molar-refractivity contribution in [3.8, 4) is 0 Å². The second-order valence-corrected chi connectivity index (χ2v) is 5.27. The van der Waals surface area contributed by atoms with Gasteiger partial charge in [0.05, 0.1) is 15.7 Å². The molecule has 0 saturated heterocycles. The Morgan fingerprint density at radius 1 is 1.21 bits per heavy atom. The van der Waals surface area contributed by atoms with Gasteiger partial charge >= 0.3 is 29.6 Å². The average molecular weight is 248 g/mol. The molecule has 0 aromatic heterocycles. The zero-order valence-electron chi connectivity index (χ0n) is 8.99. The molecule has 0 aliphatic rings. The van der Waals surface area contributed by atoms with E-state index in [9.17, 15) is 8.76 Å². The fraction of sp³-hybridized carbons (Fsp3) is 1.00. The molecule has 1 unspecified atom stereocenters. The maximum Gasteiger partial charge on any atom is 1.00 e. The summed E-state index contributed by atoms with van der Waals surface area (Å²) in [5, 5.41) is 0. The number of unbranched alkanes of at least 4 members (excludes halogenated alkanes) is 5. The van der Waals surface area contributed by atoms with Crippen LogP contribution in [0.5, 0.6) is 0 Å². The minimum Gasteiger partial charge on any atom is -0.748 e. The van der Waals surface area contributed by atoms with E-state index >= 15 is 0 Å². The summed E-state index contributed by atoms with van der Waals surface area (Å²) in [5.41, 5.74) is 0. The minimum absolute atomic E-state index is 0. The molecule has 0 radical (unpaired) electrons. The second kappa shape index (κ2) is 10.8. The van der Waals surface area contributed by atoms with Crippen molar-refractivity contribution < 1.29 is 42.5 Å². The summed E-state index contributed by atoms with van der Waals surface area (Å²) in [6.07, 6.45) is 6.63. The first kappa shape index (κ1) is 17.7. The zero-order chi connectivity index (χ0) is 10.2. The molecule has 3 nitrogen and oxygen atoms in total. The molecule has 0 aromatic rings. The van der Waals surface area contributed by atoms with Crippen molar-refractivity contribution in [3.05, 3.63) is 0 Å². The van der Waals surface area contributed by atoms with Gasteiger partial charge in [-0.2, -0.15) is 0 Å². The zero-order valence-corrected chi connectivity index (χ0v) is 12.6. The normalized spacial score (nSPS) is 14.4. The van der Waals surface area contributed by atoms with E-state index in [4.69, 9.17) is 0 Å². The van der Waals surface area contributed by atoms with Crippen LogP contribution in [-0.2, 0) is 24.4 Å². The van der Waals surface area contributed by atoms with Gasteiger partial charge in [-0.1, -0.05) is 39.0 Å². The van der Waals surface area contributed by atoms with Crippen LogP contribution in [0.15, 0.2) is 0 Å². The first-order chi connectivity index (χ1) is 6.06. The van der Waals surface area contributed by atoms with Crippen molar-refractivity contribution in [3.63, 3.8) is 0 Å². The minimum atomic E-state index is -3.64. The van der Waals surface area contributed by atoms with Crippen molar-refractivity contribution >= 4 is 20.2 Å². The van der Waals surface area contributed by atoms with Gasteiger partial charge in [-0.05, 0) is 17.6 Å². The van der Waals surface area contributed by atoms with Crippen molar-refractivity contribution in [2.24, 2.45) is 0 Å². The Bertz CT molecular complexity index is 205. The molecule has 0 spiro atoms. The van der Waals surface area contributed by atoms with Gasteiger partial charge in [0.25, 0.3) is 0 Å². The van der Waals surface area contributed by atoms with Crippen LogP contribution in [0.25, 0.3) is 0 Å². The van der Waals surface area contributed by atoms with E-state index in [-0.39, 0.29) is 36.2 Å². The Balaban J connectivity index is 0.